The Labute approximate surface area is 83.9 Å². The summed E-state index contributed by atoms with van der Waals surface area (Å²) < 4.78 is 36.4. The second-order valence-corrected chi connectivity index (χ2v) is 3.40. The number of nitrogens with one attached hydrogen (secondary N) is 1. The van der Waals surface area contributed by atoms with E-state index in [1.54, 1.807) is 18.2 Å². The van der Waals surface area contributed by atoms with E-state index in [9.17, 15) is 13.2 Å². The number of aromatic amines is 1. The molecule has 0 fully saturated rings. The van der Waals surface area contributed by atoms with Crippen molar-refractivity contribution in [3.05, 3.63) is 30.0 Å². The zero-order chi connectivity index (χ0) is 11.1. The molecule has 0 aliphatic carbocycles. The SMILES string of the molecule is Nc1cccc2[nH]c(CC(F)(F)F)cc12. The molecule has 1 heterocycles. The molecule has 0 radical (unpaired) electrons. The average Bonchev–Trinajstić information content (AvgIpc) is 2.45. The van der Waals surface area contributed by atoms with Gasteiger partial charge in [-0.25, -0.2) is 0 Å². The third-order valence-electron chi connectivity index (χ3n) is 2.14. The van der Waals surface area contributed by atoms with E-state index in [1.165, 1.54) is 6.07 Å². The summed E-state index contributed by atoms with van der Waals surface area (Å²) in [5, 5.41) is 0.636. The number of aromatic nitrogens is 1. The lowest BCUT2D eigenvalue weighted by Gasteiger charge is -2.02. The van der Waals surface area contributed by atoms with Crippen molar-refractivity contribution in [2.75, 3.05) is 5.73 Å². The second-order valence-electron chi connectivity index (χ2n) is 3.40. The van der Waals surface area contributed by atoms with Gasteiger partial charge in [-0.05, 0) is 18.2 Å². The molecule has 0 aliphatic heterocycles. The Morgan fingerprint density at radius 3 is 2.60 bits per heavy atom. The standard InChI is InChI=1S/C10H9F3N2/c11-10(12,13)5-6-4-7-8(14)2-1-3-9(7)15-6/h1-4,15H,5,14H2. The van der Waals surface area contributed by atoms with Crippen LogP contribution in [0, 0.1) is 0 Å². The van der Waals surface area contributed by atoms with Gasteiger partial charge in [-0.15, -0.1) is 0 Å². The molecule has 0 unspecified atom stereocenters. The minimum atomic E-state index is -4.20. The number of hydrogen-bond acceptors (Lipinski definition) is 1. The van der Waals surface area contributed by atoms with E-state index < -0.39 is 12.6 Å². The van der Waals surface area contributed by atoms with Gasteiger partial charge in [0.15, 0.2) is 0 Å². The van der Waals surface area contributed by atoms with Crippen LogP contribution in [0.1, 0.15) is 5.69 Å². The normalized spacial score (nSPS) is 12.2. The van der Waals surface area contributed by atoms with Gasteiger partial charge in [-0.2, -0.15) is 13.2 Å². The Morgan fingerprint density at radius 2 is 2.00 bits per heavy atom. The van der Waals surface area contributed by atoms with Crippen LogP contribution < -0.4 is 5.73 Å². The molecule has 2 nitrogen and oxygen atoms in total. The van der Waals surface area contributed by atoms with E-state index in [2.05, 4.69) is 4.98 Å². The topological polar surface area (TPSA) is 41.8 Å². The largest absolute Gasteiger partial charge is 0.398 e. The first kappa shape index (κ1) is 9.89. The van der Waals surface area contributed by atoms with Crippen LogP contribution >= 0.6 is 0 Å². The number of anilines is 1. The van der Waals surface area contributed by atoms with Gasteiger partial charge in [0.25, 0.3) is 0 Å². The minimum Gasteiger partial charge on any atom is -0.398 e. The number of alkyl halides is 3. The van der Waals surface area contributed by atoms with Crippen molar-refractivity contribution >= 4 is 16.6 Å². The molecule has 3 N–H and O–H groups in total. The molecule has 0 spiro atoms. The van der Waals surface area contributed by atoms with E-state index >= 15 is 0 Å². The molecular weight excluding hydrogens is 205 g/mol. The first-order valence-electron chi connectivity index (χ1n) is 4.38. The maximum Gasteiger partial charge on any atom is 0.394 e. The molecule has 2 rings (SSSR count). The lowest BCUT2D eigenvalue weighted by atomic mass is 10.2. The summed E-state index contributed by atoms with van der Waals surface area (Å²) in [6.45, 7) is 0. The molecule has 80 valence electrons. The molecule has 0 aliphatic rings. The molecule has 1 aromatic heterocycles. The fourth-order valence-electron chi connectivity index (χ4n) is 1.55. The van der Waals surface area contributed by atoms with E-state index in [0.717, 1.165) is 0 Å². The smallest absolute Gasteiger partial charge is 0.394 e. The third-order valence-corrected chi connectivity index (χ3v) is 2.14. The minimum absolute atomic E-state index is 0.135. The van der Waals surface area contributed by atoms with Crippen LogP contribution in [-0.2, 0) is 6.42 Å². The molecular formula is C10H9F3N2. The quantitative estimate of drug-likeness (QED) is 0.704. The zero-order valence-electron chi connectivity index (χ0n) is 7.73. The van der Waals surface area contributed by atoms with Crippen LogP contribution in [0.3, 0.4) is 0 Å². The molecule has 5 heteroatoms. The Hall–Kier alpha value is -1.65. The first-order chi connectivity index (χ1) is 6.96. The molecule has 0 bridgehead atoms. The summed E-state index contributed by atoms with van der Waals surface area (Å²) in [5.41, 5.74) is 6.88. The van der Waals surface area contributed by atoms with Crippen molar-refractivity contribution in [3.63, 3.8) is 0 Å². The maximum atomic E-state index is 12.1. The first-order valence-corrected chi connectivity index (χ1v) is 4.38. The van der Waals surface area contributed by atoms with Crippen molar-refractivity contribution in [1.29, 1.82) is 0 Å². The average molecular weight is 214 g/mol. The molecule has 2 aromatic rings. The molecule has 0 amide bonds. The van der Waals surface area contributed by atoms with Gasteiger partial charge in [0.05, 0.1) is 6.42 Å². The van der Waals surface area contributed by atoms with Crippen molar-refractivity contribution in [1.82, 2.24) is 4.98 Å². The van der Waals surface area contributed by atoms with E-state index in [-0.39, 0.29) is 5.69 Å². The van der Waals surface area contributed by atoms with Gasteiger partial charge in [-0.3, -0.25) is 0 Å². The highest BCUT2D eigenvalue weighted by Gasteiger charge is 2.28. The molecule has 0 saturated heterocycles. The second kappa shape index (κ2) is 3.18. The van der Waals surface area contributed by atoms with Gasteiger partial charge in [0.2, 0.25) is 0 Å². The summed E-state index contributed by atoms with van der Waals surface area (Å²) in [5.74, 6) is 0. The van der Waals surface area contributed by atoms with E-state index in [1.807, 2.05) is 0 Å². The zero-order valence-corrected chi connectivity index (χ0v) is 7.73. The van der Waals surface area contributed by atoms with Crippen LogP contribution in [-0.4, -0.2) is 11.2 Å². The fourth-order valence-corrected chi connectivity index (χ4v) is 1.55. The van der Waals surface area contributed by atoms with Crippen LogP contribution in [0.2, 0.25) is 0 Å². The number of benzene rings is 1. The number of halogens is 3. The summed E-state index contributed by atoms with van der Waals surface area (Å²) in [6.07, 6.45) is -5.16. The number of fused-ring (bicyclic) bond motifs is 1. The van der Waals surface area contributed by atoms with Gasteiger partial charge < -0.3 is 10.7 Å². The van der Waals surface area contributed by atoms with Gasteiger partial charge in [0.1, 0.15) is 0 Å². The maximum absolute atomic E-state index is 12.1. The van der Waals surface area contributed by atoms with E-state index in [4.69, 9.17) is 5.73 Å². The fraction of sp³-hybridized carbons (Fsp3) is 0.200. The summed E-state index contributed by atoms with van der Waals surface area (Å²) in [4.78, 5) is 2.69. The lowest BCUT2D eigenvalue weighted by Crippen LogP contribution is -2.11. The summed E-state index contributed by atoms with van der Waals surface area (Å²) >= 11 is 0. The third kappa shape index (κ3) is 2.06. The highest BCUT2D eigenvalue weighted by Crippen LogP contribution is 2.26. The van der Waals surface area contributed by atoms with Crippen LogP contribution in [0.25, 0.3) is 10.9 Å². The predicted molar refractivity (Wildman–Crippen MR) is 52.5 cm³/mol. The van der Waals surface area contributed by atoms with Crippen LogP contribution in [0.5, 0.6) is 0 Å². The molecule has 1 aromatic carbocycles. The predicted octanol–water partition coefficient (Wildman–Crippen LogP) is 2.85. The Morgan fingerprint density at radius 1 is 1.27 bits per heavy atom. The highest BCUT2D eigenvalue weighted by molar-refractivity contribution is 5.91. The van der Waals surface area contributed by atoms with Crippen molar-refractivity contribution < 1.29 is 13.2 Å². The Balaban J connectivity index is 2.44. The van der Waals surface area contributed by atoms with Crippen molar-refractivity contribution in [3.8, 4) is 0 Å². The van der Waals surface area contributed by atoms with Gasteiger partial charge >= 0.3 is 6.18 Å². The number of nitrogens with two attached hydrogens (primary N) is 1. The number of nitrogen functional groups attached to an aromatic ring is 1. The highest BCUT2D eigenvalue weighted by atomic mass is 19.4. The lowest BCUT2D eigenvalue weighted by molar-refractivity contribution is -0.127. The van der Waals surface area contributed by atoms with Gasteiger partial charge in [-0.1, -0.05) is 6.07 Å². The van der Waals surface area contributed by atoms with Crippen molar-refractivity contribution in [2.45, 2.75) is 12.6 Å². The Kier molecular flexibility index (Phi) is 2.10. The summed E-state index contributed by atoms with van der Waals surface area (Å²) in [7, 11) is 0. The number of hydrogen-bond donors (Lipinski definition) is 2. The monoisotopic (exact) mass is 214 g/mol. The van der Waals surface area contributed by atoms with Crippen LogP contribution in [0.15, 0.2) is 24.3 Å². The molecule has 0 saturated carbocycles. The van der Waals surface area contributed by atoms with Crippen molar-refractivity contribution in [2.24, 2.45) is 0 Å². The molecule has 0 atom stereocenters. The summed E-state index contributed by atoms with van der Waals surface area (Å²) in [6, 6.07) is 6.50. The van der Waals surface area contributed by atoms with E-state index in [0.29, 0.717) is 16.6 Å². The Bertz CT molecular complexity index is 485. The molecule has 15 heavy (non-hydrogen) atoms. The van der Waals surface area contributed by atoms with Gasteiger partial charge in [0, 0.05) is 22.3 Å². The number of rotatable bonds is 1. The van der Waals surface area contributed by atoms with Crippen LogP contribution in [0.4, 0.5) is 18.9 Å². The number of H-pyrrole nitrogens is 1.